The van der Waals surface area contributed by atoms with Crippen LogP contribution in [-0.2, 0) is 9.53 Å². The molecule has 0 aliphatic heterocycles. The maximum Gasteiger partial charge on any atom is 0.308 e. The molecule has 72 valence electrons. The Morgan fingerprint density at radius 1 is 1.33 bits per heavy atom. The molecule has 0 spiro atoms. The van der Waals surface area contributed by atoms with Crippen molar-refractivity contribution in [3.05, 3.63) is 0 Å². The summed E-state index contributed by atoms with van der Waals surface area (Å²) in [6, 6.07) is 0. The monoisotopic (exact) mass is 188 g/mol. The summed E-state index contributed by atoms with van der Waals surface area (Å²) in [5, 5.41) is -0.275. The van der Waals surface area contributed by atoms with E-state index in [0.29, 0.717) is 6.61 Å². The van der Waals surface area contributed by atoms with Gasteiger partial charge in [0.2, 0.25) is 0 Å². The third-order valence-corrected chi connectivity index (χ3v) is 6.61. The molecule has 0 atom stereocenters. The smallest absolute Gasteiger partial charge is 0.308 e. The molecule has 0 heterocycles. The highest BCUT2D eigenvalue weighted by Gasteiger charge is 2.42. The molecule has 3 heteroatoms. The Kier molecular flexibility index (Phi) is 3.51. The van der Waals surface area contributed by atoms with Crippen LogP contribution in [0.5, 0.6) is 0 Å². The predicted molar refractivity (Wildman–Crippen MR) is 54.0 cm³/mol. The zero-order valence-electron chi connectivity index (χ0n) is 9.02. The number of hydrogen-bond acceptors (Lipinski definition) is 2. The summed E-state index contributed by atoms with van der Waals surface area (Å²) < 4.78 is 5.03. The third kappa shape index (κ3) is 2.34. The van der Waals surface area contributed by atoms with Gasteiger partial charge in [-0.1, -0.05) is 33.5 Å². The van der Waals surface area contributed by atoms with Gasteiger partial charge in [-0.05, 0) is 6.92 Å². The molecule has 0 aliphatic rings. The van der Waals surface area contributed by atoms with Crippen molar-refractivity contribution in [2.45, 2.75) is 45.5 Å². The Labute approximate surface area is 76.3 Å². The molecule has 0 aromatic heterocycles. The molecule has 0 saturated heterocycles. The second-order valence-corrected chi connectivity index (χ2v) is 10.3. The number of esters is 1. The predicted octanol–water partition coefficient (Wildman–Crippen LogP) is 2.67. The topological polar surface area (TPSA) is 26.3 Å². The van der Waals surface area contributed by atoms with Gasteiger partial charge in [0.1, 0.15) is 0 Å². The molecule has 0 rings (SSSR count). The maximum absolute atomic E-state index is 11.5. The highest BCUT2D eigenvalue weighted by molar-refractivity contribution is 6.82. The first kappa shape index (κ1) is 11.7. The minimum Gasteiger partial charge on any atom is -0.466 e. The lowest BCUT2D eigenvalue weighted by Crippen LogP contribution is -2.42. The van der Waals surface area contributed by atoms with Gasteiger partial charge in [0.25, 0.3) is 0 Å². The van der Waals surface area contributed by atoms with Crippen LogP contribution in [0.4, 0.5) is 0 Å². The van der Waals surface area contributed by atoms with Crippen LogP contribution in [0.3, 0.4) is 0 Å². The Morgan fingerprint density at radius 2 is 1.75 bits per heavy atom. The van der Waals surface area contributed by atoms with Crippen molar-refractivity contribution in [3.8, 4) is 0 Å². The average Bonchev–Trinajstić information content (AvgIpc) is 1.85. The van der Waals surface area contributed by atoms with Crippen molar-refractivity contribution >= 4 is 14.0 Å². The summed E-state index contributed by atoms with van der Waals surface area (Å²) in [6.07, 6.45) is 0. The maximum atomic E-state index is 11.5. The second kappa shape index (κ2) is 3.60. The van der Waals surface area contributed by atoms with Crippen LogP contribution in [0.2, 0.25) is 24.7 Å². The molecule has 0 saturated carbocycles. The number of ether oxygens (including phenoxy) is 1. The second-order valence-electron chi connectivity index (χ2n) is 4.60. The molecule has 0 radical (unpaired) electrons. The zero-order chi connectivity index (χ0) is 9.99. The van der Waals surface area contributed by atoms with Gasteiger partial charge in [0.05, 0.1) is 19.7 Å². The Hall–Kier alpha value is -0.313. The van der Waals surface area contributed by atoms with Crippen LogP contribution in [0, 0.1) is 0 Å². The molecule has 0 N–H and O–H groups in total. The molecular formula is C9H20O2Si. The summed E-state index contributed by atoms with van der Waals surface area (Å²) >= 11 is 0. The van der Waals surface area contributed by atoms with E-state index in [2.05, 4.69) is 19.6 Å². The van der Waals surface area contributed by atoms with E-state index in [1.165, 1.54) is 0 Å². The fraction of sp³-hybridized carbons (Fsp3) is 0.889. The van der Waals surface area contributed by atoms with Crippen molar-refractivity contribution in [2.75, 3.05) is 6.61 Å². The minimum absolute atomic E-state index is 0.0517. The Balaban J connectivity index is 4.50. The number of carbonyl (C=O) groups excluding carboxylic acids is 1. The summed E-state index contributed by atoms with van der Waals surface area (Å²) in [5.41, 5.74) is 0. The van der Waals surface area contributed by atoms with Gasteiger partial charge in [-0.15, -0.1) is 0 Å². The van der Waals surface area contributed by atoms with Crippen molar-refractivity contribution in [3.63, 3.8) is 0 Å². The van der Waals surface area contributed by atoms with Gasteiger partial charge in [0, 0.05) is 0 Å². The molecule has 0 fully saturated rings. The number of carbonyl (C=O) groups is 1. The van der Waals surface area contributed by atoms with Gasteiger partial charge in [-0.3, -0.25) is 4.79 Å². The molecule has 0 aromatic carbocycles. The molecule has 0 aromatic rings. The zero-order valence-corrected chi connectivity index (χ0v) is 10.0. The van der Waals surface area contributed by atoms with E-state index in [9.17, 15) is 4.79 Å². The SMILES string of the molecule is CCOC(=O)C(C)(C)[Si](C)(C)C. The fourth-order valence-electron chi connectivity index (χ4n) is 0.618. The van der Waals surface area contributed by atoms with Crippen molar-refractivity contribution in [1.82, 2.24) is 0 Å². The van der Waals surface area contributed by atoms with E-state index in [1.807, 2.05) is 20.8 Å². The van der Waals surface area contributed by atoms with Crippen LogP contribution in [-0.4, -0.2) is 20.7 Å². The molecule has 0 bridgehead atoms. The quantitative estimate of drug-likeness (QED) is 0.503. The summed E-state index contributed by atoms with van der Waals surface area (Å²) in [4.78, 5) is 11.5. The van der Waals surface area contributed by atoms with Crippen molar-refractivity contribution in [2.24, 2.45) is 0 Å². The Bertz CT molecular complexity index is 168. The van der Waals surface area contributed by atoms with E-state index in [0.717, 1.165) is 0 Å². The Morgan fingerprint density at radius 3 is 2.00 bits per heavy atom. The summed E-state index contributed by atoms with van der Waals surface area (Å²) in [7, 11) is -1.46. The normalized spacial score (nSPS) is 12.8. The van der Waals surface area contributed by atoms with Crippen molar-refractivity contribution < 1.29 is 9.53 Å². The first-order chi connectivity index (χ1) is 5.23. The first-order valence-corrected chi connectivity index (χ1v) is 7.90. The first-order valence-electron chi connectivity index (χ1n) is 4.40. The average molecular weight is 188 g/mol. The molecule has 0 unspecified atom stereocenters. The molecule has 0 amide bonds. The number of rotatable bonds is 3. The lowest BCUT2D eigenvalue weighted by atomic mass is 10.2. The molecule has 0 aliphatic carbocycles. The van der Waals surface area contributed by atoms with E-state index < -0.39 is 8.07 Å². The van der Waals surface area contributed by atoms with Crippen LogP contribution in [0.15, 0.2) is 0 Å². The number of hydrogen-bond donors (Lipinski definition) is 0. The summed E-state index contributed by atoms with van der Waals surface area (Å²) in [5.74, 6) is -0.0517. The lowest BCUT2D eigenvalue weighted by molar-refractivity contribution is -0.146. The minimum atomic E-state index is -1.46. The summed E-state index contributed by atoms with van der Waals surface area (Å²) in [6.45, 7) is 12.8. The van der Waals surface area contributed by atoms with E-state index in [-0.39, 0.29) is 11.0 Å². The lowest BCUT2D eigenvalue weighted by Gasteiger charge is -2.34. The van der Waals surface area contributed by atoms with Crippen LogP contribution in [0.1, 0.15) is 20.8 Å². The fourth-order valence-corrected chi connectivity index (χ4v) is 1.30. The van der Waals surface area contributed by atoms with E-state index in [1.54, 1.807) is 0 Å². The van der Waals surface area contributed by atoms with Crippen molar-refractivity contribution in [1.29, 1.82) is 0 Å². The van der Waals surface area contributed by atoms with Gasteiger partial charge in [-0.2, -0.15) is 0 Å². The van der Waals surface area contributed by atoms with E-state index in [4.69, 9.17) is 4.74 Å². The molecule has 2 nitrogen and oxygen atoms in total. The molecular weight excluding hydrogens is 168 g/mol. The van der Waals surface area contributed by atoms with Crippen LogP contribution >= 0.6 is 0 Å². The highest BCUT2D eigenvalue weighted by Crippen LogP contribution is 2.37. The van der Waals surface area contributed by atoms with E-state index >= 15 is 0 Å². The van der Waals surface area contributed by atoms with Gasteiger partial charge < -0.3 is 4.74 Å². The molecule has 12 heavy (non-hydrogen) atoms. The van der Waals surface area contributed by atoms with Crippen LogP contribution in [0.25, 0.3) is 0 Å². The third-order valence-electron chi connectivity index (χ3n) is 2.66. The standard InChI is InChI=1S/C9H20O2Si/c1-7-11-8(10)9(2,3)12(4,5)6/h7H2,1-6H3. The van der Waals surface area contributed by atoms with Gasteiger partial charge >= 0.3 is 5.97 Å². The highest BCUT2D eigenvalue weighted by atomic mass is 28.3. The largest absolute Gasteiger partial charge is 0.466 e. The van der Waals surface area contributed by atoms with Gasteiger partial charge in [0.15, 0.2) is 0 Å². The van der Waals surface area contributed by atoms with Gasteiger partial charge in [-0.25, -0.2) is 0 Å². The van der Waals surface area contributed by atoms with Crippen LogP contribution < -0.4 is 0 Å².